The van der Waals surface area contributed by atoms with E-state index in [1.807, 2.05) is 42.5 Å². The molecule has 1 heterocycles. The average Bonchev–Trinajstić information content (AvgIpc) is 2.63. The fraction of sp³-hybridized carbons (Fsp3) is 0.286. The van der Waals surface area contributed by atoms with Crippen molar-refractivity contribution in [3.63, 3.8) is 0 Å². The molecule has 1 aliphatic carbocycles. The second-order valence-electron chi connectivity index (χ2n) is 6.44. The molecule has 0 bridgehead atoms. The van der Waals surface area contributed by atoms with Crippen molar-refractivity contribution in [3.8, 4) is 11.3 Å². The molecule has 2 nitrogen and oxygen atoms in total. The fourth-order valence-electron chi connectivity index (χ4n) is 3.86. The standard InChI is InChI=1S/C21H21NO/c23-21-15-20(16-9-3-1-4-10-16)22(17-11-5-2-6-12-17)19-14-8-7-13-18(19)21/h1,3-4,7-10,13-15,17H,2,5-6,11-12H2. The van der Waals surface area contributed by atoms with Crippen molar-refractivity contribution in [2.75, 3.05) is 0 Å². The van der Waals surface area contributed by atoms with Crippen LogP contribution in [0.5, 0.6) is 0 Å². The van der Waals surface area contributed by atoms with E-state index in [4.69, 9.17) is 0 Å². The molecule has 4 rings (SSSR count). The number of hydrogen-bond donors (Lipinski definition) is 0. The van der Waals surface area contributed by atoms with Gasteiger partial charge in [-0.25, -0.2) is 0 Å². The van der Waals surface area contributed by atoms with Crippen molar-refractivity contribution in [1.82, 2.24) is 4.57 Å². The molecule has 1 aromatic heterocycles. The van der Waals surface area contributed by atoms with Gasteiger partial charge in [0, 0.05) is 17.5 Å². The molecule has 1 aliphatic rings. The second kappa shape index (κ2) is 6.04. The lowest BCUT2D eigenvalue weighted by Gasteiger charge is -2.29. The summed E-state index contributed by atoms with van der Waals surface area (Å²) in [7, 11) is 0. The quantitative estimate of drug-likeness (QED) is 0.640. The maximum Gasteiger partial charge on any atom is 0.190 e. The smallest absolute Gasteiger partial charge is 0.190 e. The summed E-state index contributed by atoms with van der Waals surface area (Å²) in [6, 6.07) is 20.7. The minimum Gasteiger partial charge on any atom is -0.337 e. The molecule has 0 aliphatic heterocycles. The lowest BCUT2D eigenvalue weighted by atomic mass is 9.93. The molecule has 0 spiro atoms. The average molecular weight is 303 g/mol. The lowest BCUT2D eigenvalue weighted by Crippen LogP contribution is -2.19. The molecule has 0 atom stereocenters. The second-order valence-corrected chi connectivity index (χ2v) is 6.44. The van der Waals surface area contributed by atoms with Crippen LogP contribution in [0.15, 0.2) is 65.5 Å². The number of fused-ring (bicyclic) bond motifs is 1. The van der Waals surface area contributed by atoms with E-state index in [1.54, 1.807) is 0 Å². The van der Waals surface area contributed by atoms with Crippen LogP contribution in [-0.2, 0) is 0 Å². The van der Waals surface area contributed by atoms with Crippen molar-refractivity contribution in [1.29, 1.82) is 0 Å². The number of para-hydroxylation sites is 1. The molecule has 0 amide bonds. The molecule has 1 saturated carbocycles. The van der Waals surface area contributed by atoms with Gasteiger partial charge in [-0.3, -0.25) is 4.79 Å². The van der Waals surface area contributed by atoms with E-state index in [9.17, 15) is 4.79 Å². The maximum atomic E-state index is 12.6. The molecule has 3 aromatic rings. The normalized spacial score (nSPS) is 15.8. The zero-order chi connectivity index (χ0) is 15.6. The summed E-state index contributed by atoms with van der Waals surface area (Å²) >= 11 is 0. The Bertz CT molecular complexity index is 873. The predicted molar refractivity (Wildman–Crippen MR) is 95.8 cm³/mol. The van der Waals surface area contributed by atoms with E-state index in [-0.39, 0.29) is 5.43 Å². The Hall–Kier alpha value is -2.35. The predicted octanol–water partition coefficient (Wildman–Crippen LogP) is 5.17. The number of aromatic nitrogens is 1. The first-order valence-corrected chi connectivity index (χ1v) is 8.54. The third-order valence-electron chi connectivity index (χ3n) is 4.97. The maximum absolute atomic E-state index is 12.6. The highest BCUT2D eigenvalue weighted by Gasteiger charge is 2.20. The van der Waals surface area contributed by atoms with Crippen LogP contribution in [0.3, 0.4) is 0 Å². The van der Waals surface area contributed by atoms with Crippen LogP contribution in [-0.4, -0.2) is 4.57 Å². The zero-order valence-corrected chi connectivity index (χ0v) is 13.2. The molecule has 0 unspecified atom stereocenters. The van der Waals surface area contributed by atoms with Gasteiger partial charge in [0.15, 0.2) is 5.43 Å². The first-order chi connectivity index (χ1) is 11.3. The summed E-state index contributed by atoms with van der Waals surface area (Å²) in [6.45, 7) is 0. The highest BCUT2D eigenvalue weighted by molar-refractivity contribution is 5.82. The molecule has 116 valence electrons. The number of rotatable bonds is 2. The van der Waals surface area contributed by atoms with Crippen molar-refractivity contribution >= 4 is 10.9 Å². The number of benzene rings is 2. The van der Waals surface area contributed by atoms with Crippen LogP contribution in [0.25, 0.3) is 22.2 Å². The van der Waals surface area contributed by atoms with E-state index in [1.165, 1.54) is 32.1 Å². The molecule has 0 radical (unpaired) electrons. The summed E-state index contributed by atoms with van der Waals surface area (Å²) in [6.07, 6.45) is 6.29. The van der Waals surface area contributed by atoms with E-state index in [0.717, 1.165) is 22.2 Å². The molecular formula is C21H21NO. The monoisotopic (exact) mass is 303 g/mol. The first-order valence-electron chi connectivity index (χ1n) is 8.54. The van der Waals surface area contributed by atoms with Crippen LogP contribution in [0.1, 0.15) is 38.1 Å². The van der Waals surface area contributed by atoms with Gasteiger partial charge in [-0.2, -0.15) is 0 Å². The minimum absolute atomic E-state index is 0.117. The van der Waals surface area contributed by atoms with Crippen molar-refractivity contribution in [2.24, 2.45) is 0 Å². The third-order valence-corrected chi connectivity index (χ3v) is 4.97. The summed E-state index contributed by atoms with van der Waals surface area (Å²) < 4.78 is 2.42. The summed E-state index contributed by atoms with van der Waals surface area (Å²) in [4.78, 5) is 12.6. The van der Waals surface area contributed by atoms with Crippen LogP contribution < -0.4 is 5.43 Å². The van der Waals surface area contributed by atoms with Crippen LogP contribution in [0, 0.1) is 0 Å². The van der Waals surface area contributed by atoms with Gasteiger partial charge < -0.3 is 4.57 Å². The Kier molecular flexibility index (Phi) is 3.74. The molecule has 1 fully saturated rings. The molecule has 2 heteroatoms. The van der Waals surface area contributed by atoms with Gasteiger partial charge in [0.2, 0.25) is 0 Å². The Labute approximate surface area is 136 Å². The first kappa shape index (κ1) is 14.3. The van der Waals surface area contributed by atoms with Crippen molar-refractivity contribution in [2.45, 2.75) is 38.1 Å². The van der Waals surface area contributed by atoms with Gasteiger partial charge in [0.1, 0.15) is 0 Å². The Balaban J connectivity index is 2.02. The Morgan fingerprint density at radius 3 is 2.30 bits per heavy atom. The van der Waals surface area contributed by atoms with Gasteiger partial charge in [0.05, 0.1) is 11.2 Å². The molecular weight excluding hydrogens is 282 g/mol. The molecule has 23 heavy (non-hydrogen) atoms. The highest BCUT2D eigenvalue weighted by atomic mass is 16.1. The van der Waals surface area contributed by atoms with E-state index >= 15 is 0 Å². The topological polar surface area (TPSA) is 22.0 Å². The molecule has 2 aromatic carbocycles. The Morgan fingerprint density at radius 2 is 1.52 bits per heavy atom. The summed E-state index contributed by atoms with van der Waals surface area (Å²) in [5, 5.41) is 0.831. The van der Waals surface area contributed by atoms with Crippen LogP contribution >= 0.6 is 0 Å². The number of pyridine rings is 1. The lowest BCUT2D eigenvalue weighted by molar-refractivity contribution is 0.362. The van der Waals surface area contributed by atoms with E-state index < -0.39 is 0 Å². The number of nitrogens with zero attached hydrogens (tertiary/aromatic N) is 1. The largest absolute Gasteiger partial charge is 0.337 e. The summed E-state index contributed by atoms with van der Waals surface area (Å²) in [5.41, 5.74) is 3.37. The molecule has 0 saturated heterocycles. The van der Waals surface area contributed by atoms with E-state index in [2.05, 4.69) is 22.8 Å². The SMILES string of the molecule is O=c1cc(-c2ccccc2)n(C2CCCCC2)c2ccccc12. The van der Waals surface area contributed by atoms with E-state index in [0.29, 0.717) is 6.04 Å². The minimum atomic E-state index is 0.117. The van der Waals surface area contributed by atoms with Gasteiger partial charge in [-0.1, -0.05) is 61.7 Å². The third kappa shape index (κ3) is 2.59. The van der Waals surface area contributed by atoms with Crippen LogP contribution in [0.4, 0.5) is 0 Å². The van der Waals surface area contributed by atoms with Crippen molar-refractivity contribution in [3.05, 3.63) is 70.9 Å². The van der Waals surface area contributed by atoms with Gasteiger partial charge in [-0.05, 0) is 30.5 Å². The number of hydrogen-bond acceptors (Lipinski definition) is 1. The zero-order valence-electron chi connectivity index (χ0n) is 13.2. The molecule has 0 N–H and O–H groups in total. The van der Waals surface area contributed by atoms with Gasteiger partial charge >= 0.3 is 0 Å². The van der Waals surface area contributed by atoms with Gasteiger partial charge in [-0.15, -0.1) is 0 Å². The highest BCUT2D eigenvalue weighted by Crippen LogP contribution is 2.34. The summed E-state index contributed by atoms with van der Waals surface area (Å²) in [5.74, 6) is 0. The van der Waals surface area contributed by atoms with Gasteiger partial charge in [0.25, 0.3) is 0 Å². The Morgan fingerprint density at radius 1 is 0.826 bits per heavy atom. The van der Waals surface area contributed by atoms with Crippen LogP contribution in [0.2, 0.25) is 0 Å². The fourth-order valence-corrected chi connectivity index (χ4v) is 3.86. The van der Waals surface area contributed by atoms with Crippen molar-refractivity contribution < 1.29 is 0 Å².